The van der Waals surface area contributed by atoms with Crippen LogP contribution in [0.4, 0.5) is 0 Å². The lowest BCUT2D eigenvalue weighted by Gasteiger charge is -2.08. The highest BCUT2D eigenvalue weighted by Gasteiger charge is 2.07. The summed E-state index contributed by atoms with van der Waals surface area (Å²) < 4.78 is 5.59. The summed E-state index contributed by atoms with van der Waals surface area (Å²) in [6.45, 7) is 0. The first-order valence-electron chi connectivity index (χ1n) is 6.24. The van der Waals surface area contributed by atoms with Gasteiger partial charge in [-0.25, -0.2) is 0 Å². The number of ether oxygens (including phenoxy) is 1. The number of nitrogens with zero attached hydrogens (tertiary/aromatic N) is 2. The van der Waals surface area contributed by atoms with Gasteiger partial charge in [0.05, 0.1) is 5.02 Å². The molecule has 0 aliphatic carbocycles. The quantitative estimate of drug-likeness (QED) is 0.662. The number of hydrogen-bond donors (Lipinski definition) is 0. The molecule has 1 aromatic heterocycles. The first-order valence-corrected chi connectivity index (χ1v) is 7.00. The lowest BCUT2D eigenvalue weighted by Crippen LogP contribution is -1.91. The second-order valence-electron chi connectivity index (χ2n) is 4.31. The molecule has 0 aliphatic heterocycles. The third kappa shape index (κ3) is 3.32. The molecule has 0 N–H and O–H groups in total. The van der Waals surface area contributed by atoms with Gasteiger partial charge in [-0.3, -0.25) is 0 Å². The summed E-state index contributed by atoms with van der Waals surface area (Å²) in [7, 11) is 0. The van der Waals surface area contributed by atoms with E-state index in [-0.39, 0.29) is 0 Å². The van der Waals surface area contributed by atoms with Gasteiger partial charge in [0.15, 0.2) is 5.15 Å². The Morgan fingerprint density at radius 1 is 0.762 bits per heavy atom. The lowest BCUT2D eigenvalue weighted by molar-refractivity contribution is 0.455. The Kier molecular flexibility index (Phi) is 4.04. The van der Waals surface area contributed by atoms with Crippen LogP contribution in [0.2, 0.25) is 10.2 Å². The van der Waals surface area contributed by atoms with Crippen LogP contribution in [-0.2, 0) is 0 Å². The third-order valence-corrected chi connectivity index (χ3v) is 3.36. The average Bonchev–Trinajstić information content (AvgIpc) is 2.52. The van der Waals surface area contributed by atoms with Crippen LogP contribution < -0.4 is 4.74 Å². The molecule has 3 rings (SSSR count). The van der Waals surface area contributed by atoms with E-state index in [0.29, 0.717) is 21.8 Å². The molecule has 0 radical (unpaired) electrons. The van der Waals surface area contributed by atoms with Crippen molar-refractivity contribution in [3.8, 4) is 22.8 Å². The van der Waals surface area contributed by atoms with Crippen molar-refractivity contribution in [2.75, 3.05) is 0 Å². The summed E-state index contributed by atoms with van der Waals surface area (Å²) in [5.74, 6) is 0.863. The van der Waals surface area contributed by atoms with Gasteiger partial charge in [-0.05, 0) is 29.3 Å². The first kappa shape index (κ1) is 13.9. The largest absolute Gasteiger partial charge is 0.436 e. The van der Waals surface area contributed by atoms with Crippen molar-refractivity contribution in [3.63, 3.8) is 0 Å². The topological polar surface area (TPSA) is 35.0 Å². The molecule has 0 saturated carbocycles. The molecule has 0 atom stereocenters. The van der Waals surface area contributed by atoms with Crippen molar-refractivity contribution in [1.29, 1.82) is 0 Å². The fourth-order valence-electron chi connectivity index (χ4n) is 1.86. The SMILES string of the molecule is Clc1ccc(Oc2ccc(-c3ccccc3)cc2Cl)nn1. The van der Waals surface area contributed by atoms with E-state index in [1.54, 1.807) is 18.2 Å². The number of rotatable bonds is 3. The normalized spacial score (nSPS) is 10.4. The Bertz CT molecular complexity index is 746. The molecular weight excluding hydrogens is 307 g/mol. The smallest absolute Gasteiger partial charge is 0.239 e. The molecule has 0 unspecified atom stereocenters. The zero-order chi connectivity index (χ0) is 14.7. The van der Waals surface area contributed by atoms with Crippen LogP contribution in [0.15, 0.2) is 60.7 Å². The molecule has 0 spiro atoms. The van der Waals surface area contributed by atoms with Crippen LogP contribution in [0.3, 0.4) is 0 Å². The van der Waals surface area contributed by atoms with E-state index in [2.05, 4.69) is 10.2 Å². The Hall–Kier alpha value is -2.10. The van der Waals surface area contributed by atoms with Gasteiger partial charge in [0, 0.05) is 6.07 Å². The van der Waals surface area contributed by atoms with Gasteiger partial charge in [-0.15, -0.1) is 10.2 Å². The van der Waals surface area contributed by atoms with Gasteiger partial charge in [0.25, 0.3) is 0 Å². The van der Waals surface area contributed by atoms with Crippen LogP contribution in [0, 0.1) is 0 Å². The average molecular weight is 317 g/mol. The van der Waals surface area contributed by atoms with Crippen molar-refractivity contribution >= 4 is 23.2 Å². The highest BCUT2D eigenvalue weighted by Crippen LogP contribution is 2.32. The predicted octanol–water partition coefficient (Wildman–Crippen LogP) is 5.24. The molecule has 0 fully saturated rings. The van der Waals surface area contributed by atoms with Crippen LogP contribution in [0.1, 0.15) is 0 Å². The maximum absolute atomic E-state index is 6.26. The van der Waals surface area contributed by atoms with Crippen molar-refractivity contribution in [2.24, 2.45) is 0 Å². The number of benzene rings is 2. The van der Waals surface area contributed by atoms with E-state index < -0.39 is 0 Å². The maximum Gasteiger partial charge on any atom is 0.239 e. The monoisotopic (exact) mass is 316 g/mol. The summed E-state index contributed by atoms with van der Waals surface area (Å²) in [6.07, 6.45) is 0. The summed E-state index contributed by atoms with van der Waals surface area (Å²) in [5, 5.41) is 8.37. The molecular formula is C16H10Cl2N2O. The van der Waals surface area contributed by atoms with Crippen LogP contribution in [-0.4, -0.2) is 10.2 Å². The summed E-state index contributed by atoms with van der Waals surface area (Å²) in [5.41, 5.74) is 2.12. The van der Waals surface area contributed by atoms with E-state index in [1.165, 1.54) is 0 Å². The zero-order valence-corrected chi connectivity index (χ0v) is 12.3. The highest BCUT2D eigenvalue weighted by atomic mass is 35.5. The van der Waals surface area contributed by atoms with Gasteiger partial charge in [0.1, 0.15) is 5.75 Å². The zero-order valence-electron chi connectivity index (χ0n) is 10.8. The molecule has 21 heavy (non-hydrogen) atoms. The van der Waals surface area contributed by atoms with Crippen molar-refractivity contribution < 1.29 is 4.74 Å². The molecule has 0 amide bonds. The molecule has 3 aromatic rings. The lowest BCUT2D eigenvalue weighted by atomic mass is 10.1. The van der Waals surface area contributed by atoms with Gasteiger partial charge in [-0.2, -0.15) is 0 Å². The molecule has 104 valence electrons. The van der Waals surface area contributed by atoms with Gasteiger partial charge in [0.2, 0.25) is 5.88 Å². The Morgan fingerprint density at radius 3 is 2.24 bits per heavy atom. The summed E-state index contributed by atoms with van der Waals surface area (Å²) in [6, 6.07) is 18.8. The van der Waals surface area contributed by atoms with Crippen molar-refractivity contribution in [3.05, 3.63) is 70.8 Å². The van der Waals surface area contributed by atoms with E-state index in [9.17, 15) is 0 Å². The van der Waals surface area contributed by atoms with E-state index in [1.807, 2.05) is 42.5 Å². The summed E-state index contributed by atoms with van der Waals surface area (Å²) in [4.78, 5) is 0. The minimum absolute atomic E-state index is 0.313. The minimum Gasteiger partial charge on any atom is -0.436 e. The number of hydrogen-bond acceptors (Lipinski definition) is 3. The number of halogens is 2. The van der Waals surface area contributed by atoms with E-state index >= 15 is 0 Å². The van der Waals surface area contributed by atoms with E-state index in [0.717, 1.165) is 11.1 Å². The summed E-state index contributed by atoms with van der Waals surface area (Å²) >= 11 is 11.9. The second kappa shape index (κ2) is 6.12. The first-order chi connectivity index (χ1) is 10.2. The molecule has 2 aromatic carbocycles. The fraction of sp³-hybridized carbons (Fsp3) is 0. The van der Waals surface area contributed by atoms with Crippen LogP contribution in [0.5, 0.6) is 11.6 Å². The van der Waals surface area contributed by atoms with E-state index in [4.69, 9.17) is 27.9 Å². The molecule has 1 heterocycles. The Balaban J connectivity index is 1.86. The molecule has 3 nitrogen and oxygen atoms in total. The number of aromatic nitrogens is 2. The van der Waals surface area contributed by atoms with Gasteiger partial charge in [-0.1, -0.05) is 59.6 Å². The highest BCUT2D eigenvalue weighted by molar-refractivity contribution is 6.32. The standard InChI is InChI=1S/C16H10Cl2N2O/c17-13-10-12(11-4-2-1-3-5-11)6-7-14(13)21-16-9-8-15(18)19-20-16/h1-10H. The third-order valence-electron chi connectivity index (χ3n) is 2.86. The van der Waals surface area contributed by atoms with Crippen LogP contribution >= 0.6 is 23.2 Å². The Labute approximate surface area is 132 Å². The predicted molar refractivity (Wildman–Crippen MR) is 84.0 cm³/mol. The van der Waals surface area contributed by atoms with Crippen LogP contribution in [0.25, 0.3) is 11.1 Å². The second-order valence-corrected chi connectivity index (χ2v) is 5.10. The molecule has 0 bridgehead atoms. The van der Waals surface area contributed by atoms with Crippen molar-refractivity contribution in [2.45, 2.75) is 0 Å². The van der Waals surface area contributed by atoms with Gasteiger partial charge >= 0.3 is 0 Å². The molecule has 0 aliphatic rings. The molecule has 5 heteroatoms. The minimum atomic E-state index is 0.313. The fourth-order valence-corrected chi connectivity index (χ4v) is 2.18. The van der Waals surface area contributed by atoms with Crippen molar-refractivity contribution in [1.82, 2.24) is 10.2 Å². The maximum atomic E-state index is 6.26. The Morgan fingerprint density at radius 2 is 1.57 bits per heavy atom. The van der Waals surface area contributed by atoms with Gasteiger partial charge < -0.3 is 4.74 Å². The molecule has 0 saturated heterocycles.